The highest BCUT2D eigenvalue weighted by molar-refractivity contribution is 5.62. The minimum Gasteiger partial charge on any atom is -0.481 e. The van der Waals surface area contributed by atoms with Gasteiger partial charge >= 0.3 is 0 Å². The summed E-state index contributed by atoms with van der Waals surface area (Å²) in [6, 6.07) is 0. The number of carbonyl (C=O) groups is 1. The fourth-order valence-corrected chi connectivity index (χ4v) is 1.05. The van der Waals surface area contributed by atoms with E-state index in [1.165, 1.54) is 0 Å². The van der Waals surface area contributed by atoms with E-state index in [1.807, 2.05) is 13.8 Å². The molecule has 0 heterocycles. The van der Waals surface area contributed by atoms with Crippen molar-refractivity contribution in [1.29, 1.82) is 0 Å². The van der Waals surface area contributed by atoms with Gasteiger partial charge in [-0.15, -0.1) is 0 Å². The molecule has 0 aliphatic heterocycles. The lowest BCUT2D eigenvalue weighted by Gasteiger charge is -2.17. The minimum absolute atomic E-state index is 0.0833. The molecule has 4 nitrogen and oxygen atoms in total. The first-order valence-corrected chi connectivity index (χ1v) is 4.97. The molecular weight excluding hydrogens is 184 g/mol. The predicted molar refractivity (Wildman–Crippen MR) is 55.1 cm³/mol. The maximum Gasteiger partial charge on any atom is 0.300 e. The summed E-state index contributed by atoms with van der Waals surface area (Å²) < 4.78 is 0. The first kappa shape index (κ1) is 15.8. The Morgan fingerprint density at radius 1 is 1.36 bits per heavy atom. The molecule has 0 saturated heterocycles. The van der Waals surface area contributed by atoms with Crippen molar-refractivity contribution in [2.24, 2.45) is 5.92 Å². The van der Waals surface area contributed by atoms with Crippen LogP contribution in [0.4, 0.5) is 0 Å². The molecule has 0 fully saturated rings. The molecule has 0 bridgehead atoms. The number of hydrogen-bond acceptors (Lipinski definition) is 3. The monoisotopic (exact) mass is 206 g/mol. The molecule has 0 spiro atoms. The van der Waals surface area contributed by atoms with Gasteiger partial charge in [-0.2, -0.15) is 0 Å². The molecule has 3 N–H and O–H groups in total. The fourth-order valence-electron chi connectivity index (χ4n) is 1.05. The Hall–Kier alpha value is -0.610. The smallest absolute Gasteiger partial charge is 0.300 e. The second-order valence-electron chi connectivity index (χ2n) is 3.23. The number of aliphatic carboxylic acids is 1. The van der Waals surface area contributed by atoms with Gasteiger partial charge in [-0.05, 0) is 12.8 Å². The minimum atomic E-state index is -0.833. The van der Waals surface area contributed by atoms with Gasteiger partial charge in [0.05, 0.1) is 6.10 Å². The third kappa shape index (κ3) is 11.4. The summed E-state index contributed by atoms with van der Waals surface area (Å²) >= 11 is 0. The van der Waals surface area contributed by atoms with Gasteiger partial charge in [0.15, 0.2) is 0 Å². The first-order chi connectivity index (χ1) is 6.49. The van der Waals surface area contributed by atoms with Crippen molar-refractivity contribution in [3.63, 3.8) is 0 Å². The average Bonchev–Trinajstić information content (AvgIpc) is 2.06. The van der Waals surface area contributed by atoms with E-state index < -0.39 is 5.97 Å². The van der Waals surface area contributed by atoms with Gasteiger partial charge in [0.1, 0.15) is 0 Å². The molecule has 0 radical (unpaired) electrons. The zero-order valence-electron chi connectivity index (χ0n) is 9.23. The van der Waals surface area contributed by atoms with E-state index in [2.05, 4.69) is 0 Å². The molecule has 0 rings (SSSR count). The molecule has 4 heteroatoms. The Balaban J connectivity index is 0. The zero-order valence-corrected chi connectivity index (χ0v) is 9.23. The van der Waals surface area contributed by atoms with Crippen LogP contribution in [0.5, 0.6) is 0 Å². The quantitative estimate of drug-likeness (QED) is 0.632. The van der Waals surface area contributed by atoms with Crippen molar-refractivity contribution in [2.45, 2.75) is 46.1 Å². The number of hydrogen-bond donors (Lipinski definition) is 3. The summed E-state index contributed by atoms with van der Waals surface area (Å²) in [4.78, 5) is 9.00. The molecule has 0 aromatic heterocycles. The molecule has 2 atom stereocenters. The van der Waals surface area contributed by atoms with Crippen LogP contribution in [0.3, 0.4) is 0 Å². The number of carboxylic acid groups (broad SMARTS) is 1. The van der Waals surface area contributed by atoms with E-state index >= 15 is 0 Å². The maximum absolute atomic E-state index is 9.35. The maximum atomic E-state index is 9.35. The predicted octanol–water partition coefficient (Wildman–Crippen LogP) is 1.26. The number of rotatable bonds is 5. The van der Waals surface area contributed by atoms with Crippen molar-refractivity contribution < 1.29 is 20.1 Å². The molecule has 86 valence electrons. The Labute approximate surface area is 85.6 Å². The highest BCUT2D eigenvalue weighted by Crippen LogP contribution is 2.11. The normalized spacial score (nSPS) is 13.8. The van der Waals surface area contributed by atoms with Crippen LogP contribution in [-0.4, -0.2) is 34.0 Å². The van der Waals surface area contributed by atoms with Crippen LogP contribution >= 0.6 is 0 Å². The van der Waals surface area contributed by atoms with Gasteiger partial charge in [-0.1, -0.05) is 20.3 Å². The first-order valence-electron chi connectivity index (χ1n) is 4.97. The van der Waals surface area contributed by atoms with Crippen LogP contribution in [0.25, 0.3) is 0 Å². The number of aliphatic hydroxyl groups excluding tert-OH is 2. The Morgan fingerprint density at radius 2 is 1.79 bits per heavy atom. The second kappa shape index (κ2) is 10.5. The topological polar surface area (TPSA) is 77.8 Å². The van der Waals surface area contributed by atoms with Crippen LogP contribution < -0.4 is 0 Å². The molecule has 0 saturated carbocycles. The summed E-state index contributed by atoms with van der Waals surface area (Å²) in [5.74, 6) is -0.750. The SMILES string of the molecule is CC(=O)O.CCCC(O)C(CC)CO. The van der Waals surface area contributed by atoms with Crippen LogP contribution in [0.15, 0.2) is 0 Å². The summed E-state index contributed by atoms with van der Waals surface area (Å²) in [6.07, 6.45) is 2.34. The van der Waals surface area contributed by atoms with Gasteiger partial charge in [-0.3, -0.25) is 4.79 Å². The van der Waals surface area contributed by atoms with Crippen molar-refractivity contribution in [3.05, 3.63) is 0 Å². The molecule has 0 aromatic rings. The van der Waals surface area contributed by atoms with Crippen molar-refractivity contribution in [2.75, 3.05) is 6.61 Å². The Bertz CT molecular complexity index is 128. The van der Waals surface area contributed by atoms with Crippen LogP contribution in [0.2, 0.25) is 0 Å². The van der Waals surface area contributed by atoms with E-state index in [0.717, 1.165) is 26.2 Å². The molecule has 0 aliphatic carbocycles. The van der Waals surface area contributed by atoms with Gasteiger partial charge in [0, 0.05) is 19.4 Å². The van der Waals surface area contributed by atoms with Crippen molar-refractivity contribution in [1.82, 2.24) is 0 Å². The lowest BCUT2D eigenvalue weighted by molar-refractivity contribution is -0.134. The summed E-state index contributed by atoms with van der Waals surface area (Å²) in [7, 11) is 0. The summed E-state index contributed by atoms with van der Waals surface area (Å²) in [5, 5.41) is 25.5. The van der Waals surface area contributed by atoms with Crippen LogP contribution in [0, 0.1) is 5.92 Å². The molecule has 14 heavy (non-hydrogen) atoms. The highest BCUT2D eigenvalue weighted by atomic mass is 16.4. The van der Waals surface area contributed by atoms with Gasteiger partial charge in [0.2, 0.25) is 0 Å². The Kier molecular flexibility index (Phi) is 11.9. The zero-order chi connectivity index (χ0) is 11.6. The largest absolute Gasteiger partial charge is 0.481 e. The van der Waals surface area contributed by atoms with E-state index in [1.54, 1.807) is 0 Å². The van der Waals surface area contributed by atoms with E-state index in [-0.39, 0.29) is 18.6 Å². The molecular formula is C10H22O4. The van der Waals surface area contributed by atoms with Crippen LogP contribution in [0.1, 0.15) is 40.0 Å². The number of aliphatic hydroxyl groups is 2. The second-order valence-corrected chi connectivity index (χ2v) is 3.23. The van der Waals surface area contributed by atoms with Crippen molar-refractivity contribution >= 4 is 5.97 Å². The highest BCUT2D eigenvalue weighted by Gasteiger charge is 2.14. The molecule has 0 aliphatic rings. The summed E-state index contributed by atoms with van der Waals surface area (Å²) in [5.41, 5.74) is 0. The Morgan fingerprint density at radius 3 is 2.00 bits per heavy atom. The number of carboxylic acids is 1. The lowest BCUT2D eigenvalue weighted by atomic mass is 9.97. The third-order valence-electron chi connectivity index (χ3n) is 1.89. The molecule has 0 amide bonds. The standard InChI is InChI=1S/C8H18O2.C2H4O2/c1-3-5-8(10)7(4-2)6-9;1-2(3)4/h7-10H,3-6H2,1-2H3;1H3,(H,3,4). The molecule has 0 aromatic carbocycles. The molecule has 2 unspecified atom stereocenters. The van der Waals surface area contributed by atoms with Crippen molar-refractivity contribution in [3.8, 4) is 0 Å². The van der Waals surface area contributed by atoms with E-state index in [9.17, 15) is 5.11 Å². The summed E-state index contributed by atoms with van der Waals surface area (Å²) in [6.45, 7) is 5.21. The third-order valence-corrected chi connectivity index (χ3v) is 1.89. The van der Waals surface area contributed by atoms with E-state index in [0.29, 0.717) is 0 Å². The fraction of sp³-hybridized carbons (Fsp3) is 0.900. The lowest BCUT2D eigenvalue weighted by Crippen LogP contribution is -2.22. The average molecular weight is 206 g/mol. The van der Waals surface area contributed by atoms with E-state index in [4.69, 9.17) is 15.0 Å². The van der Waals surface area contributed by atoms with Gasteiger partial charge in [-0.25, -0.2) is 0 Å². The van der Waals surface area contributed by atoms with Gasteiger partial charge in [0.25, 0.3) is 5.97 Å². The van der Waals surface area contributed by atoms with Crippen LogP contribution in [-0.2, 0) is 4.79 Å². The van der Waals surface area contributed by atoms with Gasteiger partial charge < -0.3 is 15.3 Å².